The van der Waals surface area contributed by atoms with Gasteiger partial charge in [-0.25, -0.2) is 4.79 Å². The lowest BCUT2D eigenvalue weighted by molar-refractivity contribution is -0.388. The fourth-order valence-electron chi connectivity index (χ4n) is 5.18. The number of carbonyl (C=O) groups is 1. The highest BCUT2D eigenvalue weighted by molar-refractivity contribution is 6.70. The Bertz CT molecular complexity index is 587. The van der Waals surface area contributed by atoms with E-state index in [0.717, 1.165) is 12.8 Å². The molecule has 148 valence electrons. The van der Waals surface area contributed by atoms with E-state index in [-0.39, 0.29) is 24.3 Å². The van der Waals surface area contributed by atoms with Gasteiger partial charge in [0.05, 0.1) is 6.10 Å². The summed E-state index contributed by atoms with van der Waals surface area (Å²) in [5, 5.41) is 0. The van der Waals surface area contributed by atoms with Gasteiger partial charge in [0.1, 0.15) is 12.2 Å². The molecule has 4 rings (SSSR count). The summed E-state index contributed by atoms with van der Waals surface area (Å²) in [7, 11) is 1.33. The summed E-state index contributed by atoms with van der Waals surface area (Å²) in [4.78, 5) is 12.6. The van der Waals surface area contributed by atoms with Gasteiger partial charge in [-0.2, -0.15) is 0 Å². The van der Waals surface area contributed by atoms with Crippen molar-refractivity contribution >= 4 is 14.3 Å². The Labute approximate surface area is 155 Å². The molecule has 0 N–H and O–H groups in total. The number of esters is 1. The van der Waals surface area contributed by atoms with Crippen LogP contribution in [0.5, 0.6) is 0 Å². The number of ether oxygens (including phenoxy) is 5. The third-order valence-electron chi connectivity index (χ3n) is 6.10. The Hall–Kier alpha value is -0.513. The largest absolute Gasteiger partial charge is 0.457 e. The van der Waals surface area contributed by atoms with Crippen LogP contribution < -0.4 is 0 Å². The summed E-state index contributed by atoms with van der Waals surface area (Å²) < 4.78 is 36.5. The molecule has 2 saturated heterocycles. The number of hydrogen-bond donors (Lipinski definition) is 0. The quantitative estimate of drug-likeness (QED) is 0.417. The first-order valence-corrected chi connectivity index (χ1v) is 13.0. The molecule has 0 aromatic heterocycles. The zero-order chi connectivity index (χ0) is 18.8. The molecule has 4 aliphatic rings. The van der Waals surface area contributed by atoms with Gasteiger partial charge in [0.15, 0.2) is 13.9 Å². The topological polar surface area (TPSA) is 72.5 Å². The molecule has 5 atom stereocenters. The Kier molecular flexibility index (Phi) is 4.34. The molecule has 0 unspecified atom stereocenters. The molecule has 2 heterocycles. The first-order chi connectivity index (χ1) is 12.2. The van der Waals surface area contributed by atoms with Crippen LogP contribution in [0.15, 0.2) is 0 Å². The van der Waals surface area contributed by atoms with Crippen LogP contribution in [0.4, 0.5) is 0 Å². The Morgan fingerprint density at radius 2 is 1.65 bits per heavy atom. The summed E-state index contributed by atoms with van der Waals surface area (Å²) in [6.45, 7) is 6.26. The maximum absolute atomic E-state index is 12.6. The third kappa shape index (κ3) is 2.61. The van der Waals surface area contributed by atoms with Crippen molar-refractivity contribution < 1.29 is 32.9 Å². The minimum atomic E-state index is -1.93. The Balaban J connectivity index is 1.63. The summed E-state index contributed by atoms with van der Waals surface area (Å²) in [5.74, 6) is -2.16. The highest BCUT2D eigenvalue weighted by atomic mass is 28.4. The predicted molar refractivity (Wildman–Crippen MR) is 94.0 cm³/mol. The van der Waals surface area contributed by atoms with Crippen molar-refractivity contribution in [3.8, 4) is 0 Å². The molecule has 2 bridgehead atoms. The highest BCUT2D eigenvalue weighted by Gasteiger charge is 2.70. The van der Waals surface area contributed by atoms with Gasteiger partial charge in [-0.15, -0.1) is 0 Å². The fraction of sp³-hybridized carbons (Fsp3) is 0.944. The fourth-order valence-corrected chi connectivity index (χ4v) is 6.60. The van der Waals surface area contributed by atoms with Gasteiger partial charge in [0.25, 0.3) is 0 Å². The van der Waals surface area contributed by atoms with E-state index in [1.807, 2.05) is 0 Å². The van der Waals surface area contributed by atoms with Gasteiger partial charge in [-0.3, -0.25) is 0 Å². The van der Waals surface area contributed by atoms with Crippen LogP contribution in [-0.4, -0.2) is 64.0 Å². The molecule has 7 nitrogen and oxygen atoms in total. The summed E-state index contributed by atoms with van der Waals surface area (Å²) in [6.07, 6.45) is 3.46. The lowest BCUT2D eigenvalue weighted by Gasteiger charge is -2.47. The molecule has 0 aromatic rings. The van der Waals surface area contributed by atoms with Gasteiger partial charge in [-0.1, -0.05) is 0 Å². The molecular formula is C18H30O7Si. The van der Waals surface area contributed by atoms with Crippen molar-refractivity contribution in [1.29, 1.82) is 0 Å². The van der Waals surface area contributed by atoms with E-state index in [2.05, 4.69) is 19.6 Å². The number of rotatable bonds is 4. The van der Waals surface area contributed by atoms with Gasteiger partial charge < -0.3 is 28.1 Å². The van der Waals surface area contributed by atoms with Crippen LogP contribution in [0.1, 0.15) is 38.5 Å². The molecule has 2 saturated carbocycles. The molecule has 0 amide bonds. The van der Waals surface area contributed by atoms with Crippen molar-refractivity contribution in [3.05, 3.63) is 0 Å². The second-order valence-corrected chi connectivity index (χ2v) is 13.3. The van der Waals surface area contributed by atoms with E-state index < -0.39 is 25.5 Å². The summed E-state index contributed by atoms with van der Waals surface area (Å²) >= 11 is 0. The maximum Gasteiger partial charge on any atom is 0.337 e. The standard InChI is InChI=1S/C18H30O7Si/c1-20-17(21-2)8-6-7-9-18(17)23-13-11-16(25-26(3,4)5)10-12(14(13)24-18)22-15(16)19/h12-14H,6-11H2,1-5H3/t12-,13-,14+,16-,18+/m1/s1. The highest BCUT2D eigenvalue weighted by Crippen LogP contribution is 2.55. The van der Waals surface area contributed by atoms with Gasteiger partial charge in [-0.05, 0) is 32.5 Å². The second kappa shape index (κ2) is 5.99. The SMILES string of the molecule is COC1(OC)CCCC[C@]12O[C@H]1[C@H]3C[C@@](O[Si](C)(C)C)(C[C@H]1O2)C(=O)O3. The van der Waals surface area contributed by atoms with E-state index in [1.165, 1.54) is 0 Å². The smallest absolute Gasteiger partial charge is 0.337 e. The van der Waals surface area contributed by atoms with E-state index >= 15 is 0 Å². The predicted octanol–water partition coefficient (Wildman–Crippen LogP) is 2.34. The monoisotopic (exact) mass is 386 g/mol. The van der Waals surface area contributed by atoms with E-state index in [0.29, 0.717) is 25.7 Å². The zero-order valence-electron chi connectivity index (χ0n) is 16.3. The zero-order valence-corrected chi connectivity index (χ0v) is 17.3. The van der Waals surface area contributed by atoms with Gasteiger partial charge in [0, 0.05) is 39.9 Å². The molecule has 8 heteroatoms. The van der Waals surface area contributed by atoms with Crippen molar-refractivity contribution in [2.75, 3.05) is 14.2 Å². The number of fused-ring (bicyclic) bond motifs is 4. The minimum absolute atomic E-state index is 0.265. The second-order valence-electron chi connectivity index (χ2n) is 8.92. The van der Waals surface area contributed by atoms with Crippen LogP contribution in [0, 0.1) is 0 Å². The molecule has 1 spiro atoms. The normalized spacial score (nSPS) is 44.2. The van der Waals surface area contributed by atoms with Crippen molar-refractivity contribution in [3.63, 3.8) is 0 Å². The molecule has 0 radical (unpaired) electrons. The third-order valence-corrected chi connectivity index (χ3v) is 7.10. The van der Waals surface area contributed by atoms with E-state index in [9.17, 15) is 4.79 Å². The van der Waals surface area contributed by atoms with E-state index in [1.54, 1.807) is 14.2 Å². The first-order valence-electron chi connectivity index (χ1n) is 9.55. The average Bonchev–Trinajstić information content (AvgIpc) is 3.05. The lowest BCUT2D eigenvalue weighted by atomic mass is 9.82. The van der Waals surface area contributed by atoms with Gasteiger partial charge >= 0.3 is 5.97 Å². The number of methoxy groups -OCH3 is 2. The van der Waals surface area contributed by atoms with Crippen LogP contribution in [0.25, 0.3) is 0 Å². The number of hydrogen-bond acceptors (Lipinski definition) is 7. The first kappa shape index (κ1) is 18.8. The lowest BCUT2D eigenvalue weighted by Crippen LogP contribution is -2.60. The molecule has 26 heavy (non-hydrogen) atoms. The van der Waals surface area contributed by atoms with Crippen LogP contribution in [-0.2, 0) is 32.9 Å². The molecule has 0 aromatic carbocycles. The van der Waals surface area contributed by atoms with Crippen molar-refractivity contribution in [2.45, 2.75) is 93.7 Å². The summed E-state index contributed by atoms with van der Waals surface area (Å²) in [5.41, 5.74) is -0.900. The van der Waals surface area contributed by atoms with Crippen molar-refractivity contribution in [1.82, 2.24) is 0 Å². The van der Waals surface area contributed by atoms with Crippen LogP contribution in [0.3, 0.4) is 0 Å². The molecule has 2 aliphatic carbocycles. The Morgan fingerprint density at radius 1 is 1.00 bits per heavy atom. The van der Waals surface area contributed by atoms with Crippen molar-refractivity contribution in [2.24, 2.45) is 0 Å². The van der Waals surface area contributed by atoms with Crippen LogP contribution >= 0.6 is 0 Å². The Morgan fingerprint density at radius 3 is 2.31 bits per heavy atom. The van der Waals surface area contributed by atoms with E-state index in [4.69, 9.17) is 28.1 Å². The van der Waals surface area contributed by atoms with Gasteiger partial charge in [0.2, 0.25) is 11.6 Å². The minimum Gasteiger partial charge on any atom is -0.457 e. The number of carbonyl (C=O) groups excluding carboxylic acids is 1. The molecule has 4 fully saturated rings. The molecule has 2 aliphatic heterocycles. The molecular weight excluding hydrogens is 356 g/mol. The maximum atomic E-state index is 12.6. The van der Waals surface area contributed by atoms with Crippen LogP contribution in [0.2, 0.25) is 19.6 Å². The average molecular weight is 387 g/mol. The summed E-state index contributed by atoms with van der Waals surface area (Å²) in [6, 6.07) is 0.